The minimum absolute atomic E-state index is 0.0744. The van der Waals surface area contributed by atoms with Gasteiger partial charge in [-0.3, -0.25) is 0 Å². The average molecular weight is 366 g/mol. The first-order valence-electron chi connectivity index (χ1n) is 8.58. The molecule has 25 heavy (non-hydrogen) atoms. The van der Waals surface area contributed by atoms with Gasteiger partial charge in [0.25, 0.3) is 0 Å². The van der Waals surface area contributed by atoms with Gasteiger partial charge < -0.3 is 10.3 Å². The zero-order chi connectivity index (χ0) is 18.9. The molecule has 0 spiro atoms. The largest absolute Gasteiger partial charge is 0.457 e. The summed E-state index contributed by atoms with van der Waals surface area (Å²) < 4.78 is 30.9. The number of esters is 1. The number of carbonyl (C=O) groups is 1. The Bertz CT molecular complexity index is 720. The summed E-state index contributed by atoms with van der Waals surface area (Å²) in [4.78, 5) is 15.1. The van der Waals surface area contributed by atoms with Crippen molar-refractivity contribution in [3.8, 4) is 0 Å². The Morgan fingerprint density at radius 2 is 1.80 bits per heavy atom. The molecule has 0 fully saturated rings. The second-order valence-corrected chi connectivity index (χ2v) is 8.03. The highest BCUT2D eigenvalue weighted by Crippen LogP contribution is 2.22. The van der Waals surface area contributed by atoms with Crippen molar-refractivity contribution >= 4 is 21.5 Å². The molecule has 1 unspecified atom stereocenters. The first-order chi connectivity index (χ1) is 11.9. The van der Waals surface area contributed by atoms with Crippen molar-refractivity contribution in [2.75, 3.05) is 6.61 Å². The molecule has 6 nitrogen and oxygen atoms in total. The fourth-order valence-electron chi connectivity index (χ4n) is 2.53. The number of carbonyl (C=O) groups excluding carboxylic acids is 1. The van der Waals surface area contributed by atoms with Crippen LogP contribution in [0.2, 0.25) is 0 Å². The van der Waals surface area contributed by atoms with E-state index < -0.39 is 26.8 Å². The third-order valence-corrected chi connectivity index (χ3v) is 6.08. The van der Waals surface area contributed by atoms with E-state index in [0.717, 1.165) is 24.8 Å². The lowest BCUT2D eigenvalue weighted by Crippen LogP contribution is -2.37. The number of rotatable bonds is 10. The van der Waals surface area contributed by atoms with Gasteiger partial charge in [0.2, 0.25) is 0 Å². The molecule has 0 radical (unpaired) electrons. The van der Waals surface area contributed by atoms with E-state index in [2.05, 4.69) is 11.7 Å². The molecule has 0 aliphatic rings. The molecular formula is C18H26N2O4S. The monoisotopic (exact) mass is 366 g/mol. The number of hydrogen-bond acceptors (Lipinski definition) is 4. The molecule has 0 amide bonds. The standard InChI is InChI=1S/C18H26N2O4S/c1-4-6-7-8-9-16(17(20-19)18(21)24-5-2)25(22,23)15-12-10-14(3)11-13-15/h10-13,16H,4-9H2,1-3H3. The van der Waals surface area contributed by atoms with Crippen LogP contribution in [0.15, 0.2) is 29.2 Å². The predicted octanol–water partition coefficient (Wildman–Crippen LogP) is 3.34. The van der Waals surface area contributed by atoms with Crippen LogP contribution in [0.3, 0.4) is 0 Å². The molecule has 0 heterocycles. The van der Waals surface area contributed by atoms with Gasteiger partial charge in [-0.2, -0.15) is 4.79 Å². The lowest BCUT2D eigenvalue weighted by atomic mass is 10.1. The van der Waals surface area contributed by atoms with Crippen LogP contribution in [-0.4, -0.2) is 36.7 Å². The molecule has 0 aliphatic heterocycles. The van der Waals surface area contributed by atoms with E-state index in [1.165, 1.54) is 12.1 Å². The number of unbranched alkanes of at least 4 members (excludes halogenated alkanes) is 3. The first kappa shape index (κ1) is 21.1. The number of hydrogen-bond donors (Lipinski definition) is 0. The van der Waals surface area contributed by atoms with E-state index in [1.54, 1.807) is 19.1 Å². The highest BCUT2D eigenvalue weighted by Gasteiger charge is 2.42. The maximum absolute atomic E-state index is 13.0. The van der Waals surface area contributed by atoms with Crippen molar-refractivity contribution in [3.63, 3.8) is 0 Å². The van der Waals surface area contributed by atoms with Gasteiger partial charge in [-0.1, -0.05) is 50.3 Å². The zero-order valence-electron chi connectivity index (χ0n) is 15.1. The van der Waals surface area contributed by atoms with Gasteiger partial charge in [0.15, 0.2) is 15.1 Å². The van der Waals surface area contributed by atoms with Gasteiger partial charge >= 0.3 is 11.7 Å². The molecule has 0 saturated carbocycles. The second-order valence-electron chi connectivity index (χ2n) is 5.90. The maximum Gasteiger partial charge on any atom is 0.418 e. The van der Waals surface area contributed by atoms with Crippen molar-refractivity contribution in [1.82, 2.24) is 0 Å². The SMILES string of the molecule is CCCCCCC(C(=[N+]=[N-])C(=O)OCC)S(=O)(=O)c1ccc(C)cc1. The van der Waals surface area contributed by atoms with E-state index in [4.69, 9.17) is 4.74 Å². The summed E-state index contributed by atoms with van der Waals surface area (Å²) >= 11 is 0. The van der Waals surface area contributed by atoms with Gasteiger partial charge in [0.05, 0.1) is 11.5 Å². The van der Waals surface area contributed by atoms with Crippen LogP contribution in [0.25, 0.3) is 5.53 Å². The Labute approximate surface area is 149 Å². The topological polar surface area (TPSA) is 96.8 Å². The quantitative estimate of drug-likeness (QED) is 0.208. The first-order valence-corrected chi connectivity index (χ1v) is 10.1. The zero-order valence-corrected chi connectivity index (χ0v) is 15.9. The van der Waals surface area contributed by atoms with Crippen LogP contribution in [0.4, 0.5) is 0 Å². The summed E-state index contributed by atoms with van der Waals surface area (Å²) in [5, 5.41) is -1.23. The van der Waals surface area contributed by atoms with Crippen molar-refractivity contribution < 1.29 is 22.7 Å². The molecule has 0 aliphatic carbocycles. The third-order valence-electron chi connectivity index (χ3n) is 3.94. The molecule has 1 atom stereocenters. The lowest BCUT2D eigenvalue weighted by molar-refractivity contribution is -0.140. The summed E-state index contributed by atoms with van der Waals surface area (Å²) in [5.41, 5.74) is 9.74. The summed E-state index contributed by atoms with van der Waals surface area (Å²) in [6.07, 6.45) is 3.64. The number of sulfone groups is 1. The van der Waals surface area contributed by atoms with Crippen LogP contribution in [-0.2, 0) is 19.4 Å². The summed E-state index contributed by atoms with van der Waals surface area (Å²) in [7, 11) is -3.87. The van der Waals surface area contributed by atoms with Gasteiger partial charge in [-0.25, -0.2) is 13.2 Å². The Kier molecular flexibility index (Phi) is 8.52. The third kappa shape index (κ3) is 5.80. The van der Waals surface area contributed by atoms with Gasteiger partial charge in [0.1, 0.15) is 0 Å². The Morgan fingerprint density at radius 1 is 1.16 bits per heavy atom. The minimum atomic E-state index is -3.87. The fourth-order valence-corrected chi connectivity index (χ4v) is 4.29. The maximum atomic E-state index is 13.0. The minimum Gasteiger partial charge on any atom is -0.457 e. The summed E-state index contributed by atoms with van der Waals surface area (Å²) in [6, 6.07) is 6.40. The number of benzene rings is 1. The molecular weight excluding hydrogens is 340 g/mol. The molecule has 1 rings (SSSR count). The van der Waals surface area contributed by atoms with Crippen LogP contribution in [0.1, 0.15) is 51.5 Å². The van der Waals surface area contributed by atoms with Gasteiger partial charge in [-0.05, 0) is 32.4 Å². The smallest absolute Gasteiger partial charge is 0.418 e. The van der Waals surface area contributed by atoms with E-state index in [0.29, 0.717) is 6.42 Å². The van der Waals surface area contributed by atoms with Crippen molar-refractivity contribution in [2.24, 2.45) is 0 Å². The van der Waals surface area contributed by atoms with Crippen molar-refractivity contribution in [2.45, 2.75) is 63.0 Å². The fraction of sp³-hybridized carbons (Fsp3) is 0.556. The van der Waals surface area contributed by atoms with Crippen molar-refractivity contribution in [1.29, 1.82) is 0 Å². The lowest BCUT2D eigenvalue weighted by Gasteiger charge is -2.14. The molecule has 0 bridgehead atoms. The molecule has 1 aromatic carbocycles. The highest BCUT2D eigenvalue weighted by molar-refractivity contribution is 7.93. The summed E-state index contributed by atoms with van der Waals surface area (Å²) in [5.74, 6) is -0.902. The van der Waals surface area contributed by atoms with Crippen LogP contribution >= 0.6 is 0 Å². The molecule has 0 aromatic heterocycles. The van der Waals surface area contributed by atoms with Crippen molar-refractivity contribution in [3.05, 3.63) is 35.4 Å². The van der Waals surface area contributed by atoms with E-state index in [1.807, 2.05) is 6.92 Å². The second kappa shape index (κ2) is 10.1. The Balaban J connectivity index is 3.21. The molecule has 0 saturated heterocycles. The van der Waals surface area contributed by atoms with E-state index >= 15 is 0 Å². The highest BCUT2D eigenvalue weighted by atomic mass is 32.2. The number of ether oxygens (including phenoxy) is 1. The molecule has 7 heteroatoms. The molecule has 0 N–H and O–H groups in total. The van der Waals surface area contributed by atoms with E-state index in [-0.39, 0.29) is 17.9 Å². The molecule has 138 valence electrons. The summed E-state index contributed by atoms with van der Waals surface area (Å²) in [6.45, 7) is 5.60. The van der Waals surface area contributed by atoms with Crippen LogP contribution in [0, 0.1) is 6.92 Å². The van der Waals surface area contributed by atoms with Gasteiger partial charge in [0, 0.05) is 0 Å². The number of nitrogens with zero attached hydrogens (tertiary/aromatic N) is 2. The van der Waals surface area contributed by atoms with Crippen LogP contribution in [0.5, 0.6) is 0 Å². The van der Waals surface area contributed by atoms with Crippen LogP contribution < -0.4 is 0 Å². The Hall–Kier alpha value is -1.98. The Morgan fingerprint density at radius 3 is 2.32 bits per heavy atom. The predicted molar refractivity (Wildman–Crippen MR) is 96.2 cm³/mol. The number of aryl methyl sites for hydroxylation is 1. The average Bonchev–Trinajstić information content (AvgIpc) is 2.58. The van der Waals surface area contributed by atoms with Gasteiger partial charge in [-0.15, -0.1) is 0 Å². The van der Waals surface area contributed by atoms with E-state index in [9.17, 15) is 18.7 Å². The molecule has 1 aromatic rings. The normalized spacial score (nSPS) is 12.3.